The number of nitrogens with zero attached hydrogens (tertiary/aromatic N) is 5. The Hall–Kier alpha value is -5.65. The van der Waals surface area contributed by atoms with E-state index in [9.17, 15) is 36.4 Å². The molecule has 0 saturated carbocycles. The van der Waals surface area contributed by atoms with Crippen LogP contribution in [0.5, 0.6) is 0 Å². The molecule has 1 fully saturated rings. The van der Waals surface area contributed by atoms with Crippen molar-refractivity contribution in [2.24, 2.45) is 5.28 Å². The molecule has 14 nitrogen and oxygen atoms in total. The maximum atomic E-state index is 13.5. The van der Waals surface area contributed by atoms with Gasteiger partial charge < -0.3 is 14.7 Å². The predicted octanol–water partition coefficient (Wildman–Crippen LogP) is 4.98. The Morgan fingerprint density at radius 3 is 2.31 bits per heavy atom. The molecular formula is C30H27F3N6O8S. The van der Waals surface area contributed by atoms with E-state index in [1.165, 1.54) is 31.2 Å². The van der Waals surface area contributed by atoms with Crippen molar-refractivity contribution in [3.8, 4) is 16.9 Å². The van der Waals surface area contributed by atoms with Crippen LogP contribution in [0.15, 0.2) is 95.1 Å². The van der Waals surface area contributed by atoms with Gasteiger partial charge in [0.2, 0.25) is 5.28 Å². The highest BCUT2D eigenvalue weighted by atomic mass is 32.2. The van der Waals surface area contributed by atoms with Crippen molar-refractivity contribution in [1.29, 1.82) is 0 Å². The third kappa shape index (κ3) is 8.00. The summed E-state index contributed by atoms with van der Waals surface area (Å²) in [6.07, 6.45) is -8.10. The summed E-state index contributed by atoms with van der Waals surface area (Å²) in [5.74, 6) is -0.685. The van der Waals surface area contributed by atoms with Crippen molar-refractivity contribution in [1.82, 2.24) is 19.5 Å². The van der Waals surface area contributed by atoms with Crippen LogP contribution >= 0.6 is 0 Å². The third-order valence-electron chi connectivity index (χ3n) is 6.85. The van der Waals surface area contributed by atoms with Gasteiger partial charge in [0.15, 0.2) is 5.69 Å². The van der Waals surface area contributed by atoms with Gasteiger partial charge in [0.05, 0.1) is 26.8 Å². The van der Waals surface area contributed by atoms with Gasteiger partial charge in [-0.05, 0) is 49.4 Å². The first-order valence-corrected chi connectivity index (χ1v) is 15.6. The summed E-state index contributed by atoms with van der Waals surface area (Å²) >= 11 is 0. The fourth-order valence-corrected chi connectivity index (χ4v) is 5.24. The molecule has 2 heterocycles. The number of alkyl halides is 3. The van der Waals surface area contributed by atoms with Gasteiger partial charge in [0.1, 0.15) is 19.2 Å². The monoisotopic (exact) mass is 688 g/mol. The van der Waals surface area contributed by atoms with Gasteiger partial charge in [-0.3, -0.25) is 4.84 Å². The van der Waals surface area contributed by atoms with Gasteiger partial charge >= 0.3 is 18.2 Å². The molecule has 1 aromatic heterocycles. The van der Waals surface area contributed by atoms with E-state index in [2.05, 4.69) is 10.4 Å². The Kier molecular flexibility index (Phi) is 9.55. The highest BCUT2D eigenvalue weighted by Crippen LogP contribution is 2.33. The second kappa shape index (κ2) is 13.6. The molecule has 1 N–H and O–H groups in total. The number of benzene rings is 3. The third-order valence-corrected chi connectivity index (χ3v) is 8.18. The molecule has 1 saturated heterocycles. The van der Waals surface area contributed by atoms with Crippen molar-refractivity contribution >= 4 is 22.1 Å². The molecule has 48 heavy (non-hydrogen) atoms. The van der Waals surface area contributed by atoms with Crippen LogP contribution in [-0.2, 0) is 30.5 Å². The SMILES string of the molecule is Cc1ccc(-c2cc(C(F)(F)F)nn2-c2ccc(S(=O)(=O)NC(=O)OC3CN(/[N+]([O-])=N/OC(C)OC(=O)c4ccccc4)C3)cc2)cc1. The normalized spacial score (nSPS) is 14.5. The molecule has 0 spiro atoms. The number of nitrogens with one attached hydrogen (secondary N) is 1. The molecule has 0 bridgehead atoms. The summed E-state index contributed by atoms with van der Waals surface area (Å²) < 4.78 is 79.0. The largest absolute Gasteiger partial charge is 0.569 e. The number of hydrogen-bond donors (Lipinski definition) is 1. The smallest absolute Gasteiger partial charge is 0.435 e. The van der Waals surface area contributed by atoms with Crippen LogP contribution < -0.4 is 4.72 Å². The van der Waals surface area contributed by atoms with Crippen molar-refractivity contribution in [2.75, 3.05) is 13.1 Å². The molecule has 18 heteroatoms. The topological polar surface area (TPSA) is 167 Å². The number of carbonyl (C=O) groups is 2. The number of carbonyl (C=O) groups excluding carboxylic acids is 2. The quantitative estimate of drug-likeness (QED) is 0.0789. The number of amides is 1. The number of rotatable bonds is 10. The van der Waals surface area contributed by atoms with E-state index in [-0.39, 0.29) is 39.9 Å². The number of sulfonamides is 1. The van der Waals surface area contributed by atoms with Crippen LogP contribution in [0.3, 0.4) is 0 Å². The summed E-state index contributed by atoms with van der Waals surface area (Å²) in [6.45, 7) is 2.88. The molecule has 5 rings (SSSR count). The summed E-state index contributed by atoms with van der Waals surface area (Å²) in [5.41, 5.74) is 0.771. The second-order valence-electron chi connectivity index (χ2n) is 10.5. The number of aromatic nitrogens is 2. The van der Waals surface area contributed by atoms with Gasteiger partial charge in [-0.2, -0.15) is 18.3 Å². The van der Waals surface area contributed by atoms with Crippen LogP contribution in [0.1, 0.15) is 28.5 Å². The van der Waals surface area contributed by atoms with E-state index < -0.39 is 46.4 Å². The minimum atomic E-state index is -4.72. The lowest BCUT2D eigenvalue weighted by molar-refractivity contribution is -0.728. The van der Waals surface area contributed by atoms with E-state index in [1.807, 2.05) is 6.92 Å². The number of aryl methyl sites for hydroxylation is 1. The standard InChI is InChI=1S/C30H27F3N6O8S/c1-19-8-10-21(11-9-19)26-16-27(30(31,32)33)34-38(26)23-12-14-25(15-13-23)48(43,44)35-29(41)46-24-17-37(18-24)39(42)36-47-20(2)45-28(40)22-6-4-3-5-7-22/h3-16,20,24H,17-18H2,1-2H3,(H,35,41)/b39-36-. The van der Waals surface area contributed by atoms with Crippen molar-refractivity contribution in [3.63, 3.8) is 0 Å². The van der Waals surface area contributed by atoms with Gasteiger partial charge in [-0.25, -0.2) is 27.4 Å². The van der Waals surface area contributed by atoms with E-state index >= 15 is 0 Å². The Morgan fingerprint density at radius 1 is 1.04 bits per heavy atom. The predicted molar refractivity (Wildman–Crippen MR) is 159 cm³/mol. The summed E-state index contributed by atoms with van der Waals surface area (Å²) in [6, 6.07) is 20.4. The Morgan fingerprint density at radius 2 is 1.69 bits per heavy atom. The van der Waals surface area contributed by atoms with Crippen molar-refractivity contribution in [2.45, 2.75) is 37.3 Å². The fourth-order valence-electron chi connectivity index (χ4n) is 4.36. The van der Waals surface area contributed by atoms with E-state index in [0.717, 1.165) is 33.5 Å². The summed E-state index contributed by atoms with van der Waals surface area (Å²) in [4.78, 5) is 28.9. The zero-order chi connectivity index (χ0) is 34.6. The summed E-state index contributed by atoms with van der Waals surface area (Å²) in [5, 5.41) is 20.2. The Balaban J connectivity index is 1.15. The zero-order valence-corrected chi connectivity index (χ0v) is 26.0. The first-order valence-electron chi connectivity index (χ1n) is 14.1. The van der Waals surface area contributed by atoms with E-state index in [0.29, 0.717) is 5.56 Å². The van der Waals surface area contributed by atoms with E-state index in [4.69, 9.17) is 14.3 Å². The minimum Gasteiger partial charge on any atom is -0.569 e. The molecule has 252 valence electrons. The highest BCUT2D eigenvalue weighted by Gasteiger charge is 2.38. The van der Waals surface area contributed by atoms with Gasteiger partial charge in [-0.15, -0.1) is 5.01 Å². The molecule has 4 aromatic rings. The van der Waals surface area contributed by atoms with Crippen LogP contribution in [-0.4, -0.2) is 65.7 Å². The molecular weight excluding hydrogens is 661 g/mol. The van der Waals surface area contributed by atoms with Gasteiger partial charge in [-0.1, -0.05) is 48.0 Å². The average Bonchev–Trinajstić information content (AvgIpc) is 3.48. The number of halogens is 3. The Labute approximate surface area is 271 Å². The van der Waals surface area contributed by atoms with Crippen LogP contribution in [0.25, 0.3) is 16.9 Å². The summed E-state index contributed by atoms with van der Waals surface area (Å²) in [7, 11) is -4.45. The Bertz CT molecular complexity index is 1910. The van der Waals surface area contributed by atoms with Crippen LogP contribution in [0, 0.1) is 12.1 Å². The fraction of sp³-hybridized carbons (Fsp3) is 0.233. The minimum absolute atomic E-state index is 0.0599. The zero-order valence-electron chi connectivity index (χ0n) is 25.2. The van der Waals surface area contributed by atoms with Gasteiger partial charge in [0.25, 0.3) is 16.3 Å². The lowest BCUT2D eigenvalue weighted by Crippen LogP contribution is -2.56. The molecule has 0 aliphatic carbocycles. The lowest BCUT2D eigenvalue weighted by atomic mass is 10.1. The number of hydrogen-bond acceptors (Lipinski definition) is 10. The number of hydrazine groups is 1. The molecule has 0 radical (unpaired) electrons. The molecule has 1 amide bonds. The lowest BCUT2D eigenvalue weighted by Gasteiger charge is -2.33. The molecule has 1 aliphatic heterocycles. The second-order valence-corrected chi connectivity index (χ2v) is 12.1. The van der Waals surface area contributed by atoms with Crippen LogP contribution in [0.2, 0.25) is 0 Å². The maximum absolute atomic E-state index is 13.5. The number of esters is 1. The first kappa shape index (κ1) is 33.7. The molecule has 1 aliphatic rings. The van der Waals surface area contributed by atoms with Crippen LogP contribution in [0.4, 0.5) is 18.0 Å². The number of ether oxygens (including phenoxy) is 2. The first-order chi connectivity index (χ1) is 22.7. The molecule has 1 unspecified atom stereocenters. The van der Waals surface area contributed by atoms with E-state index in [1.54, 1.807) is 47.2 Å². The molecule has 1 atom stereocenters. The van der Waals surface area contributed by atoms with Crippen molar-refractivity contribution in [3.05, 3.63) is 107 Å². The molecule has 3 aromatic carbocycles. The van der Waals surface area contributed by atoms with Crippen molar-refractivity contribution < 1.29 is 50.5 Å². The average molecular weight is 689 g/mol. The highest BCUT2D eigenvalue weighted by molar-refractivity contribution is 7.90. The maximum Gasteiger partial charge on any atom is 0.435 e. The van der Waals surface area contributed by atoms with Gasteiger partial charge in [0, 0.05) is 12.5 Å².